The summed E-state index contributed by atoms with van der Waals surface area (Å²) in [5, 5.41) is 5.45. The number of hydrogen-bond acceptors (Lipinski definition) is 6. The van der Waals surface area contributed by atoms with Crippen LogP contribution < -0.4 is 19.5 Å². The van der Waals surface area contributed by atoms with Gasteiger partial charge in [-0.1, -0.05) is 0 Å². The van der Waals surface area contributed by atoms with Gasteiger partial charge in [0.1, 0.15) is 23.2 Å². The molecular formula is C21H21FN2O4S. The average Bonchev–Trinajstić information content (AvgIpc) is 3.20. The maximum absolute atomic E-state index is 12.8. The van der Waals surface area contributed by atoms with Gasteiger partial charge in [0.05, 0.1) is 32.9 Å². The van der Waals surface area contributed by atoms with Gasteiger partial charge in [0.2, 0.25) is 5.91 Å². The Bertz CT molecular complexity index is 960. The Morgan fingerprint density at radius 1 is 1.10 bits per heavy atom. The van der Waals surface area contributed by atoms with Crippen LogP contribution in [-0.2, 0) is 11.2 Å². The van der Waals surface area contributed by atoms with Gasteiger partial charge in [-0.15, -0.1) is 11.3 Å². The minimum atomic E-state index is -0.318. The number of halogens is 1. The second-order valence-corrected chi connectivity index (χ2v) is 6.90. The van der Waals surface area contributed by atoms with Crippen molar-refractivity contribution in [1.82, 2.24) is 10.3 Å². The predicted octanol–water partition coefficient (Wildman–Crippen LogP) is 3.70. The number of carbonyl (C=O) groups excluding carboxylic acids is 1. The fourth-order valence-electron chi connectivity index (χ4n) is 2.61. The van der Waals surface area contributed by atoms with E-state index >= 15 is 0 Å². The molecule has 0 aliphatic carbocycles. The summed E-state index contributed by atoms with van der Waals surface area (Å²) in [6, 6.07) is 11.3. The van der Waals surface area contributed by atoms with Crippen molar-refractivity contribution in [3.05, 3.63) is 59.4 Å². The van der Waals surface area contributed by atoms with E-state index in [1.165, 1.54) is 23.5 Å². The fourth-order valence-corrected chi connectivity index (χ4v) is 3.42. The molecule has 1 N–H and O–H groups in total. The van der Waals surface area contributed by atoms with Crippen molar-refractivity contribution in [2.24, 2.45) is 0 Å². The summed E-state index contributed by atoms with van der Waals surface area (Å²) in [6.07, 6.45) is 0.181. The average molecular weight is 416 g/mol. The molecule has 0 radical (unpaired) electrons. The fraction of sp³-hybridized carbons (Fsp3) is 0.238. The standard InChI is InChI=1S/C21H21FN2O4S/c1-26-18-8-3-14(11-19(18)27-2)21-24-16(13-29-21)12-20(25)23-9-10-28-17-6-4-15(22)5-7-17/h3-8,11,13H,9-10,12H2,1-2H3,(H,23,25). The third-order valence-electron chi connectivity index (χ3n) is 4.03. The number of methoxy groups -OCH3 is 2. The van der Waals surface area contributed by atoms with E-state index in [0.29, 0.717) is 36.1 Å². The van der Waals surface area contributed by atoms with Gasteiger partial charge in [0, 0.05) is 10.9 Å². The van der Waals surface area contributed by atoms with E-state index in [1.54, 1.807) is 26.4 Å². The molecule has 0 aliphatic rings. The lowest BCUT2D eigenvalue weighted by Gasteiger charge is -2.08. The Morgan fingerprint density at radius 2 is 1.86 bits per heavy atom. The molecule has 1 aromatic heterocycles. The number of amides is 1. The highest BCUT2D eigenvalue weighted by atomic mass is 32.1. The third kappa shape index (κ3) is 5.68. The molecule has 29 heavy (non-hydrogen) atoms. The number of aromatic nitrogens is 1. The molecule has 0 saturated heterocycles. The highest BCUT2D eigenvalue weighted by molar-refractivity contribution is 7.13. The zero-order chi connectivity index (χ0) is 20.6. The van der Waals surface area contributed by atoms with Crippen LogP contribution in [0.2, 0.25) is 0 Å². The van der Waals surface area contributed by atoms with E-state index in [1.807, 2.05) is 23.6 Å². The number of nitrogens with one attached hydrogen (secondary N) is 1. The smallest absolute Gasteiger partial charge is 0.226 e. The van der Waals surface area contributed by atoms with E-state index in [0.717, 1.165) is 10.6 Å². The maximum atomic E-state index is 12.8. The molecule has 2 aromatic carbocycles. The maximum Gasteiger partial charge on any atom is 0.226 e. The van der Waals surface area contributed by atoms with E-state index in [9.17, 15) is 9.18 Å². The second kappa shape index (κ2) is 9.88. The van der Waals surface area contributed by atoms with Crippen LogP contribution in [0.15, 0.2) is 47.8 Å². The van der Waals surface area contributed by atoms with Crippen molar-refractivity contribution in [2.75, 3.05) is 27.4 Å². The van der Waals surface area contributed by atoms with Crippen molar-refractivity contribution in [3.63, 3.8) is 0 Å². The van der Waals surface area contributed by atoms with Crippen LogP contribution in [0.3, 0.4) is 0 Å². The predicted molar refractivity (Wildman–Crippen MR) is 109 cm³/mol. The minimum Gasteiger partial charge on any atom is -0.493 e. The number of rotatable bonds is 9. The number of nitrogens with zero attached hydrogens (tertiary/aromatic N) is 1. The highest BCUT2D eigenvalue weighted by Crippen LogP contribution is 2.33. The van der Waals surface area contributed by atoms with Gasteiger partial charge in [0.15, 0.2) is 11.5 Å². The van der Waals surface area contributed by atoms with Crippen molar-refractivity contribution in [3.8, 4) is 27.8 Å². The molecule has 3 aromatic rings. The molecule has 8 heteroatoms. The van der Waals surface area contributed by atoms with Crippen LogP contribution in [0.25, 0.3) is 10.6 Å². The highest BCUT2D eigenvalue weighted by Gasteiger charge is 2.11. The summed E-state index contributed by atoms with van der Waals surface area (Å²) in [4.78, 5) is 16.6. The van der Waals surface area contributed by atoms with Crippen LogP contribution in [0.5, 0.6) is 17.2 Å². The Hall–Kier alpha value is -3.13. The van der Waals surface area contributed by atoms with Gasteiger partial charge in [-0.2, -0.15) is 0 Å². The molecular weight excluding hydrogens is 395 g/mol. The Balaban J connectivity index is 1.49. The minimum absolute atomic E-state index is 0.142. The van der Waals surface area contributed by atoms with Crippen molar-refractivity contribution >= 4 is 17.2 Å². The van der Waals surface area contributed by atoms with Gasteiger partial charge in [0.25, 0.3) is 0 Å². The zero-order valence-corrected chi connectivity index (χ0v) is 16.9. The van der Waals surface area contributed by atoms with Crippen molar-refractivity contribution in [1.29, 1.82) is 0 Å². The van der Waals surface area contributed by atoms with Crippen LogP contribution in [0.4, 0.5) is 4.39 Å². The van der Waals surface area contributed by atoms with Crippen molar-refractivity contribution in [2.45, 2.75) is 6.42 Å². The Morgan fingerprint density at radius 3 is 2.59 bits per heavy atom. The molecule has 0 unspecified atom stereocenters. The lowest BCUT2D eigenvalue weighted by atomic mass is 10.2. The molecule has 0 spiro atoms. The van der Waals surface area contributed by atoms with E-state index in [-0.39, 0.29) is 18.1 Å². The molecule has 6 nitrogen and oxygen atoms in total. The molecule has 0 fully saturated rings. The Kier molecular flexibility index (Phi) is 7.02. The monoisotopic (exact) mass is 416 g/mol. The van der Waals surface area contributed by atoms with Crippen LogP contribution in [0.1, 0.15) is 5.69 Å². The third-order valence-corrected chi connectivity index (χ3v) is 4.97. The second-order valence-electron chi connectivity index (χ2n) is 6.04. The zero-order valence-electron chi connectivity index (χ0n) is 16.1. The van der Waals surface area contributed by atoms with Gasteiger partial charge >= 0.3 is 0 Å². The molecule has 1 heterocycles. The Labute approximate surface area is 172 Å². The summed E-state index contributed by atoms with van der Waals surface area (Å²) in [7, 11) is 3.17. The number of ether oxygens (including phenoxy) is 3. The quantitative estimate of drug-likeness (QED) is 0.539. The SMILES string of the molecule is COc1ccc(-c2nc(CC(=O)NCCOc3ccc(F)cc3)cs2)cc1OC. The summed E-state index contributed by atoms with van der Waals surface area (Å²) in [5.74, 6) is 1.37. The van der Waals surface area contributed by atoms with Crippen LogP contribution in [-0.4, -0.2) is 38.3 Å². The van der Waals surface area contributed by atoms with Crippen LogP contribution >= 0.6 is 11.3 Å². The van der Waals surface area contributed by atoms with Gasteiger partial charge in [-0.25, -0.2) is 9.37 Å². The topological polar surface area (TPSA) is 69.7 Å². The lowest BCUT2D eigenvalue weighted by molar-refractivity contribution is -0.120. The molecule has 0 atom stereocenters. The molecule has 0 saturated carbocycles. The summed E-state index contributed by atoms with van der Waals surface area (Å²) in [6.45, 7) is 0.647. The van der Waals surface area contributed by atoms with Crippen molar-refractivity contribution < 1.29 is 23.4 Å². The lowest BCUT2D eigenvalue weighted by Crippen LogP contribution is -2.29. The van der Waals surface area contributed by atoms with E-state index in [2.05, 4.69) is 10.3 Å². The summed E-state index contributed by atoms with van der Waals surface area (Å²) >= 11 is 1.46. The summed E-state index contributed by atoms with van der Waals surface area (Å²) in [5.41, 5.74) is 1.59. The first-order chi connectivity index (χ1) is 14.1. The van der Waals surface area contributed by atoms with Gasteiger partial charge in [-0.3, -0.25) is 4.79 Å². The first-order valence-electron chi connectivity index (χ1n) is 8.91. The number of hydrogen-bond donors (Lipinski definition) is 1. The molecule has 1 amide bonds. The van der Waals surface area contributed by atoms with Gasteiger partial charge < -0.3 is 19.5 Å². The first kappa shape index (κ1) is 20.6. The first-order valence-corrected chi connectivity index (χ1v) is 9.79. The van der Waals surface area contributed by atoms with Crippen LogP contribution in [0, 0.1) is 5.82 Å². The normalized spacial score (nSPS) is 10.4. The largest absolute Gasteiger partial charge is 0.493 e. The van der Waals surface area contributed by atoms with Gasteiger partial charge in [-0.05, 0) is 42.5 Å². The van der Waals surface area contributed by atoms with E-state index in [4.69, 9.17) is 14.2 Å². The molecule has 3 rings (SSSR count). The molecule has 152 valence electrons. The molecule has 0 aliphatic heterocycles. The number of benzene rings is 2. The molecule has 0 bridgehead atoms. The number of thiazole rings is 1. The number of carbonyl (C=O) groups is 1. The van der Waals surface area contributed by atoms with E-state index < -0.39 is 0 Å². The summed E-state index contributed by atoms with van der Waals surface area (Å²) < 4.78 is 28.9.